The van der Waals surface area contributed by atoms with E-state index in [0.717, 1.165) is 24.6 Å². The van der Waals surface area contributed by atoms with Crippen molar-refractivity contribution in [3.05, 3.63) is 11.9 Å². The fraction of sp³-hybridized carbons (Fsp3) is 0.692. The van der Waals surface area contributed by atoms with Crippen molar-refractivity contribution in [2.24, 2.45) is 5.41 Å². The lowest BCUT2D eigenvalue weighted by atomic mass is 9.90. The highest BCUT2D eigenvalue weighted by molar-refractivity contribution is 5.47. The molecule has 1 rings (SSSR count). The van der Waals surface area contributed by atoms with Gasteiger partial charge in [-0.1, -0.05) is 20.8 Å². The third-order valence-corrected chi connectivity index (χ3v) is 3.01. The zero-order valence-electron chi connectivity index (χ0n) is 12.0. The first-order valence-corrected chi connectivity index (χ1v) is 6.29. The Morgan fingerprint density at radius 3 is 2.50 bits per heavy atom. The Morgan fingerprint density at radius 1 is 1.28 bits per heavy atom. The molecule has 2 N–H and O–H groups in total. The Morgan fingerprint density at radius 2 is 1.94 bits per heavy atom. The van der Waals surface area contributed by atoms with Crippen LogP contribution in [0.2, 0.25) is 0 Å². The number of anilines is 2. The molecule has 5 nitrogen and oxygen atoms in total. The van der Waals surface area contributed by atoms with E-state index >= 15 is 0 Å². The van der Waals surface area contributed by atoms with Crippen LogP contribution < -0.4 is 10.6 Å². The number of aromatic nitrogens is 2. The fourth-order valence-electron chi connectivity index (χ4n) is 1.36. The molecule has 5 heteroatoms. The third kappa shape index (κ3) is 4.49. The largest absolute Gasteiger partial charge is 0.377 e. The molecule has 0 aliphatic carbocycles. The highest BCUT2D eigenvalue weighted by Gasteiger charge is 2.15. The molecule has 0 amide bonds. The number of hydrogen-bond acceptors (Lipinski definition) is 5. The number of nitrogens with one attached hydrogen (secondary N) is 2. The molecule has 0 saturated carbocycles. The minimum Gasteiger partial charge on any atom is -0.377 e. The van der Waals surface area contributed by atoms with Gasteiger partial charge in [-0.3, -0.25) is 0 Å². The van der Waals surface area contributed by atoms with Gasteiger partial charge in [0.1, 0.15) is 18.2 Å². The van der Waals surface area contributed by atoms with Crippen molar-refractivity contribution in [1.29, 1.82) is 0 Å². The van der Waals surface area contributed by atoms with Gasteiger partial charge in [0.05, 0.1) is 0 Å². The summed E-state index contributed by atoms with van der Waals surface area (Å²) in [6, 6.07) is 1.91. The molecule has 0 bridgehead atoms. The molecule has 0 unspecified atom stereocenters. The first-order valence-electron chi connectivity index (χ1n) is 6.29. The summed E-state index contributed by atoms with van der Waals surface area (Å²) in [5.41, 5.74) is 0.256. The predicted molar refractivity (Wildman–Crippen MR) is 74.9 cm³/mol. The van der Waals surface area contributed by atoms with E-state index in [4.69, 9.17) is 4.74 Å². The van der Waals surface area contributed by atoms with Crippen LogP contribution in [0.1, 0.15) is 33.0 Å². The van der Waals surface area contributed by atoms with Crippen LogP contribution in [0.25, 0.3) is 0 Å². The Kier molecular flexibility index (Phi) is 5.34. The smallest absolute Gasteiger partial charge is 0.158 e. The highest BCUT2D eigenvalue weighted by Crippen LogP contribution is 2.20. The molecule has 1 aromatic rings. The maximum absolute atomic E-state index is 5.07. The van der Waals surface area contributed by atoms with Gasteiger partial charge >= 0.3 is 0 Å². The summed E-state index contributed by atoms with van der Waals surface area (Å²) >= 11 is 0. The molecule has 0 radical (unpaired) electrons. The summed E-state index contributed by atoms with van der Waals surface area (Å²) in [6.45, 7) is 7.96. The van der Waals surface area contributed by atoms with Gasteiger partial charge in [0.15, 0.2) is 5.82 Å². The molecule has 1 aromatic heterocycles. The van der Waals surface area contributed by atoms with Gasteiger partial charge < -0.3 is 15.4 Å². The van der Waals surface area contributed by atoms with Crippen molar-refractivity contribution in [3.63, 3.8) is 0 Å². The Bertz CT molecular complexity index is 379. The van der Waals surface area contributed by atoms with Crippen LogP contribution >= 0.6 is 0 Å². The standard InChI is InChI=1S/C13H24N4O/c1-6-13(2,3)9-15-11-7-10(14-4)16-12(17-11)8-18-5/h7H,6,8-9H2,1-5H3,(H2,14,15,16,17). The van der Waals surface area contributed by atoms with Crippen LogP contribution in [0.5, 0.6) is 0 Å². The van der Waals surface area contributed by atoms with E-state index in [2.05, 4.69) is 41.4 Å². The molecule has 0 aliphatic rings. The molecule has 0 saturated heterocycles. The molecule has 0 spiro atoms. The Balaban J connectivity index is 2.78. The van der Waals surface area contributed by atoms with Crippen LogP contribution in [0.4, 0.5) is 11.6 Å². The Hall–Kier alpha value is -1.36. The van der Waals surface area contributed by atoms with Gasteiger partial charge in [-0.25, -0.2) is 9.97 Å². The molecule has 18 heavy (non-hydrogen) atoms. The second kappa shape index (κ2) is 6.54. The zero-order valence-corrected chi connectivity index (χ0v) is 12.0. The molecule has 0 fully saturated rings. The lowest BCUT2D eigenvalue weighted by molar-refractivity contribution is 0.178. The Labute approximate surface area is 109 Å². The van der Waals surface area contributed by atoms with E-state index in [0.29, 0.717) is 12.4 Å². The summed E-state index contributed by atoms with van der Waals surface area (Å²) in [5.74, 6) is 2.32. The molecule has 0 aromatic carbocycles. The van der Waals surface area contributed by atoms with E-state index in [1.165, 1.54) is 0 Å². The number of rotatable bonds is 7. The fourth-order valence-corrected chi connectivity index (χ4v) is 1.36. The molecule has 0 aliphatic heterocycles. The molecule has 0 atom stereocenters. The quantitative estimate of drug-likeness (QED) is 0.781. The molecular formula is C13H24N4O. The lowest BCUT2D eigenvalue weighted by Crippen LogP contribution is -2.22. The second-order valence-electron chi connectivity index (χ2n) is 5.11. The molecule has 102 valence electrons. The van der Waals surface area contributed by atoms with E-state index in [-0.39, 0.29) is 5.41 Å². The average molecular weight is 252 g/mol. The topological polar surface area (TPSA) is 59.1 Å². The van der Waals surface area contributed by atoms with Crippen molar-refractivity contribution in [3.8, 4) is 0 Å². The van der Waals surface area contributed by atoms with Crippen LogP contribution in [-0.2, 0) is 11.3 Å². The average Bonchev–Trinajstić information content (AvgIpc) is 2.37. The summed E-state index contributed by atoms with van der Waals surface area (Å²) in [4.78, 5) is 8.74. The summed E-state index contributed by atoms with van der Waals surface area (Å²) in [7, 11) is 3.49. The van der Waals surface area contributed by atoms with Crippen molar-refractivity contribution >= 4 is 11.6 Å². The van der Waals surface area contributed by atoms with Crippen molar-refractivity contribution in [2.45, 2.75) is 33.8 Å². The lowest BCUT2D eigenvalue weighted by Gasteiger charge is -2.23. The van der Waals surface area contributed by atoms with E-state index in [1.54, 1.807) is 7.11 Å². The monoisotopic (exact) mass is 252 g/mol. The first kappa shape index (κ1) is 14.7. The zero-order chi connectivity index (χ0) is 13.6. The van der Waals surface area contributed by atoms with Crippen molar-refractivity contribution in [1.82, 2.24) is 9.97 Å². The van der Waals surface area contributed by atoms with Crippen LogP contribution in [0, 0.1) is 5.41 Å². The van der Waals surface area contributed by atoms with Gasteiger partial charge in [0.2, 0.25) is 0 Å². The molecular weight excluding hydrogens is 228 g/mol. The summed E-state index contributed by atoms with van der Waals surface area (Å²) < 4.78 is 5.07. The van der Waals surface area contributed by atoms with E-state index in [9.17, 15) is 0 Å². The second-order valence-corrected chi connectivity index (χ2v) is 5.11. The minimum atomic E-state index is 0.256. The van der Waals surface area contributed by atoms with Gasteiger partial charge in [0, 0.05) is 26.8 Å². The maximum Gasteiger partial charge on any atom is 0.158 e. The first-order chi connectivity index (χ1) is 8.50. The van der Waals surface area contributed by atoms with E-state index < -0.39 is 0 Å². The van der Waals surface area contributed by atoms with Crippen LogP contribution in [-0.4, -0.2) is 30.7 Å². The summed E-state index contributed by atoms with van der Waals surface area (Å²) in [6.07, 6.45) is 1.12. The number of nitrogens with zero attached hydrogens (tertiary/aromatic N) is 2. The predicted octanol–water partition coefficient (Wildman–Crippen LogP) is 2.51. The van der Waals surface area contributed by atoms with Crippen LogP contribution in [0.3, 0.4) is 0 Å². The van der Waals surface area contributed by atoms with Crippen LogP contribution in [0.15, 0.2) is 6.07 Å². The third-order valence-electron chi connectivity index (χ3n) is 3.01. The highest BCUT2D eigenvalue weighted by atomic mass is 16.5. The van der Waals surface area contributed by atoms with Gasteiger partial charge in [-0.15, -0.1) is 0 Å². The maximum atomic E-state index is 5.07. The number of hydrogen-bond donors (Lipinski definition) is 2. The molecule has 1 heterocycles. The van der Waals surface area contributed by atoms with E-state index in [1.807, 2.05) is 13.1 Å². The van der Waals surface area contributed by atoms with Gasteiger partial charge in [-0.2, -0.15) is 0 Å². The number of methoxy groups -OCH3 is 1. The minimum absolute atomic E-state index is 0.256. The SMILES string of the molecule is CCC(C)(C)CNc1cc(NC)nc(COC)n1. The van der Waals surface area contributed by atoms with Crippen molar-refractivity contribution < 1.29 is 4.74 Å². The normalized spacial score (nSPS) is 11.4. The van der Waals surface area contributed by atoms with Gasteiger partial charge in [-0.05, 0) is 11.8 Å². The van der Waals surface area contributed by atoms with Crippen molar-refractivity contribution in [2.75, 3.05) is 31.3 Å². The summed E-state index contributed by atoms with van der Waals surface area (Å²) in [5, 5.41) is 6.39. The number of ether oxygens (including phenoxy) is 1. The van der Waals surface area contributed by atoms with Gasteiger partial charge in [0.25, 0.3) is 0 Å².